The number of carbonyl (C=O) groups excluding carboxylic acids is 1. The first-order valence-corrected chi connectivity index (χ1v) is 7.81. The lowest BCUT2D eigenvalue weighted by Crippen LogP contribution is -2.96. The van der Waals surface area contributed by atoms with Crippen molar-refractivity contribution in [3.8, 4) is 0 Å². The number of nitrogens with two attached hydrogens (primary N) is 1. The molecule has 0 unspecified atom stereocenters. The van der Waals surface area contributed by atoms with Crippen LogP contribution in [0, 0.1) is 0 Å². The van der Waals surface area contributed by atoms with E-state index in [2.05, 4.69) is 5.32 Å². The number of alkyl halides is 3. The van der Waals surface area contributed by atoms with E-state index in [0.717, 1.165) is 6.42 Å². The van der Waals surface area contributed by atoms with Crippen LogP contribution in [-0.2, 0) is 4.74 Å². The Hall–Kier alpha value is -0.230. The zero-order chi connectivity index (χ0) is 15.9. The molecule has 0 aliphatic rings. The SMILES string of the molecule is COCCC[NH2+][C@@H](NC(=O)c1ccc(Cl)cc1)C(Cl)(Cl)Cl. The average Bonchev–Trinajstić information content (AvgIpc) is 2.41. The van der Waals surface area contributed by atoms with Gasteiger partial charge < -0.3 is 10.1 Å². The van der Waals surface area contributed by atoms with Crippen molar-refractivity contribution < 1.29 is 14.8 Å². The molecule has 1 amide bonds. The van der Waals surface area contributed by atoms with Crippen LogP contribution in [0.2, 0.25) is 5.02 Å². The van der Waals surface area contributed by atoms with E-state index in [-0.39, 0.29) is 5.91 Å². The van der Waals surface area contributed by atoms with Gasteiger partial charge in [-0.2, -0.15) is 0 Å². The standard InChI is InChI=1S/C13H16Cl4N2O2/c1-21-8-2-7-18-12(13(15,16)17)19-11(20)9-3-5-10(14)6-4-9/h3-6,12,18H,2,7-8H2,1H3,(H,19,20)/p+1/t12-/m0/s1. The molecule has 4 nitrogen and oxygen atoms in total. The molecule has 0 saturated carbocycles. The number of hydrogen-bond acceptors (Lipinski definition) is 2. The molecule has 0 bridgehead atoms. The lowest BCUT2D eigenvalue weighted by molar-refractivity contribution is -0.692. The van der Waals surface area contributed by atoms with Gasteiger partial charge in [0.1, 0.15) is 0 Å². The molecule has 0 spiro atoms. The minimum Gasteiger partial charge on any atom is -0.384 e. The van der Waals surface area contributed by atoms with E-state index in [1.165, 1.54) is 0 Å². The van der Waals surface area contributed by atoms with Crippen LogP contribution >= 0.6 is 46.4 Å². The number of carbonyl (C=O) groups is 1. The van der Waals surface area contributed by atoms with Crippen molar-refractivity contribution in [1.82, 2.24) is 5.32 Å². The topological polar surface area (TPSA) is 54.9 Å². The molecular formula is C13H17Cl4N2O2+. The maximum atomic E-state index is 12.1. The summed E-state index contributed by atoms with van der Waals surface area (Å²) in [6.07, 6.45) is 0.0902. The molecular weight excluding hydrogens is 358 g/mol. The molecule has 1 rings (SSSR count). The van der Waals surface area contributed by atoms with E-state index >= 15 is 0 Å². The summed E-state index contributed by atoms with van der Waals surface area (Å²) in [5.74, 6) is -0.328. The predicted octanol–water partition coefficient (Wildman–Crippen LogP) is 2.37. The van der Waals surface area contributed by atoms with Crippen molar-refractivity contribution >= 4 is 52.3 Å². The summed E-state index contributed by atoms with van der Waals surface area (Å²) < 4.78 is 3.34. The summed E-state index contributed by atoms with van der Waals surface area (Å²) >= 11 is 23.5. The number of quaternary nitrogens is 1. The van der Waals surface area contributed by atoms with Gasteiger partial charge in [0.05, 0.1) is 13.2 Å². The van der Waals surface area contributed by atoms with Gasteiger partial charge in [-0.25, -0.2) is 0 Å². The molecule has 21 heavy (non-hydrogen) atoms. The first-order chi connectivity index (χ1) is 9.84. The fourth-order valence-corrected chi connectivity index (χ4v) is 2.17. The number of methoxy groups -OCH3 is 1. The Kier molecular flexibility index (Phi) is 8.09. The summed E-state index contributed by atoms with van der Waals surface area (Å²) in [7, 11) is 1.62. The maximum Gasteiger partial charge on any atom is 0.262 e. The molecule has 118 valence electrons. The van der Waals surface area contributed by atoms with Gasteiger partial charge in [0.15, 0.2) is 0 Å². The molecule has 0 heterocycles. The van der Waals surface area contributed by atoms with Crippen LogP contribution in [0.5, 0.6) is 0 Å². The third-order valence-corrected chi connectivity index (χ3v) is 3.66. The van der Waals surface area contributed by atoms with E-state index < -0.39 is 9.96 Å². The number of nitrogens with one attached hydrogen (secondary N) is 1. The molecule has 1 atom stereocenters. The lowest BCUT2D eigenvalue weighted by atomic mass is 10.2. The van der Waals surface area contributed by atoms with Crippen molar-refractivity contribution in [3.05, 3.63) is 34.9 Å². The van der Waals surface area contributed by atoms with Gasteiger partial charge >= 0.3 is 0 Å². The van der Waals surface area contributed by atoms with Gasteiger partial charge in [-0.1, -0.05) is 46.4 Å². The quantitative estimate of drug-likeness (QED) is 0.437. The molecule has 3 N–H and O–H groups in total. The third-order valence-electron chi connectivity index (χ3n) is 2.70. The monoisotopic (exact) mass is 373 g/mol. The Labute approximate surface area is 144 Å². The fourth-order valence-electron chi connectivity index (χ4n) is 1.61. The Bertz CT molecular complexity index is 448. The van der Waals surface area contributed by atoms with Crippen LogP contribution in [0.1, 0.15) is 16.8 Å². The van der Waals surface area contributed by atoms with E-state index in [1.807, 2.05) is 0 Å². The second kappa shape index (κ2) is 9.03. The van der Waals surface area contributed by atoms with E-state index in [1.54, 1.807) is 36.7 Å². The third kappa shape index (κ3) is 7.04. The number of hydrogen-bond donors (Lipinski definition) is 2. The summed E-state index contributed by atoms with van der Waals surface area (Å²) in [6, 6.07) is 6.47. The molecule has 1 aromatic carbocycles. The van der Waals surface area contributed by atoms with Crippen LogP contribution in [0.4, 0.5) is 0 Å². The Morgan fingerprint density at radius 3 is 2.48 bits per heavy atom. The molecule has 0 aromatic heterocycles. The highest BCUT2D eigenvalue weighted by Crippen LogP contribution is 2.27. The van der Waals surface area contributed by atoms with Crippen LogP contribution in [0.15, 0.2) is 24.3 Å². The minimum absolute atomic E-state index is 0.328. The second-order valence-electron chi connectivity index (χ2n) is 4.37. The van der Waals surface area contributed by atoms with Crippen molar-refractivity contribution in [1.29, 1.82) is 0 Å². The van der Waals surface area contributed by atoms with E-state index in [9.17, 15) is 4.79 Å². The van der Waals surface area contributed by atoms with Crippen molar-refractivity contribution in [2.24, 2.45) is 0 Å². The number of amides is 1. The highest BCUT2D eigenvalue weighted by atomic mass is 35.6. The van der Waals surface area contributed by atoms with E-state index in [4.69, 9.17) is 51.1 Å². The minimum atomic E-state index is -1.62. The summed E-state index contributed by atoms with van der Waals surface area (Å²) in [4.78, 5) is 12.1. The van der Waals surface area contributed by atoms with Crippen molar-refractivity contribution in [2.45, 2.75) is 16.4 Å². The van der Waals surface area contributed by atoms with E-state index in [0.29, 0.717) is 23.7 Å². The molecule has 0 fully saturated rings. The van der Waals surface area contributed by atoms with Gasteiger partial charge in [0.25, 0.3) is 9.70 Å². The van der Waals surface area contributed by atoms with Gasteiger partial charge in [0.2, 0.25) is 6.17 Å². The van der Waals surface area contributed by atoms with Crippen LogP contribution in [0.25, 0.3) is 0 Å². The van der Waals surface area contributed by atoms with Crippen LogP contribution in [0.3, 0.4) is 0 Å². The number of benzene rings is 1. The smallest absolute Gasteiger partial charge is 0.262 e. The van der Waals surface area contributed by atoms with Gasteiger partial charge in [-0.15, -0.1) is 0 Å². The highest BCUT2D eigenvalue weighted by molar-refractivity contribution is 6.68. The zero-order valence-corrected chi connectivity index (χ0v) is 14.4. The normalized spacial score (nSPS) is 13.0. The van der Waals surface area contributed by atoms with Gasteiger partial charge in [-0.3, -0.25) is 10.1 Å². The zero-order valence-electron chi connectivity index (χ0n) is 11.4. The molecule has 0 aliphatic heterocycles. The summed E-state index contributed by atoms with van der Waals surface area (Å²) in [5, 5.41) is 5.01. The largest absolute Gasteiger partial charge is 0.384 e. The molecule has 8 heteroatoms. The summed E-state index contributed by atoms with van der Waals surface area (Å²) in [6.45, 7) is 1.27. The first-order valence-electron chi connectivity index (χ1n) is 6.30. The number of rotatable bonds is 7. The Morgan fingerprint density at radius 1 is 1.33 bits per heavy atom. The van der Waals surface area contributed by atoms with Crippen molar-refractivity contribution in [2.75, 3.05) is 20.3 Å². The highest BCUT2D eigenvalue weighted by Gasteiger charge is 2.37. The molecule has 1 aromatic rings. The van der Waals surface area contributed by atoms with Crippen LogP contribution in [-0.4, -0.2) is 36.1 Å². The maximum absolute atomic E-state index is 12.1. The number of ether oxygens (including phenoxy) is 1. The fraction of sp³-hybridized carbons (Fsp3) is 0.462. The lowest BCUT2D eigenvalue weighted by Gasteiger charge is -2.23. The first kappa shape index (κ1) is 18.8. The Balaban J connectivity index is 2.63. The molecule has 0 aliphatic carbocycles. The number of halogens is 4. The van der Waals surface area contributed by atoms with Crippen LogP contribution < -0.4 is 10.6 Å². The Morgan fingerprint density at radius 2 is 1.95 bits per heavy atom. The predicted molar refractivity (Wildman–Crippen MR) is 86.3 cm³/mol. The van der Waals surface area contributed by atoms with Crippen molar-refractivity contribution in [3.63, 3.8) is 0 Å². The molecule has 0 radical (unpaired) electrons. The average molecular weight is 375 g/mol. The van der Waals surface area contributed by atoms with Gasteiger partial charge in [-0.05, 0) is 24.3 Å². The summed E-state index contributed by atoms with van der Waals surface area (Å²) in [5.41, 5.74) is 0.448. The van der Waals surface area contributed by atoms with Gasteiger partial charge in [0, 0.05) is 24.1 Å². The molecule has 0 saturated heterocycles. The second-order valence-corrected chi connectivity index (χ2v) is 7.18.